The highest BCUT2D eigenvalue weighted by atomic mass is 35.5. The fraction of sp³-hybridized carbons (Fsp3) is 0.417. The lowest BCUT2D eigenvalue weighted by atomic mass is 10.1. The number of ether oxygens (including phenoxy) is 2. The number of aromatic nitrogens is 4. The number of hydrogen-bond acceptors (Lipinski definition) is 6. The second kappa shape index (κ2) is 5.64. The Balaban J connectivity index is 1.70. The molecule has 1 aromatic carbocycles. The van der Waals surface area contributed by atoms with Crippen LogP contribution in [0.3, 0.4) is 0 Å². The molecule has 0 bridgehead atoms. The molecule has 1 aliphatic heterocycles. The smallest absolute Gasteiger partial charge is 0.191 e. The van der Waals surface area contributed by atoms with Crippen LogP contribution in [0, 0.1) is 0 Å². The number of nitrogens with zero attached hydrogens (tertiary/aromatic N) is 3. The van der Waals surface area contributed by atoms with Crippen LogP contribution in [0.4, 0.5) is 0 Å². The Morgan fingerprint density at radius 3 is 3.05 bits per heavy atom. The second-order valence-electron chi connectivity index (χ2n) is 4.47. The van der Waals surface area contributed by atoms with E-state index in [9.17, 15) is 0 Å². The van der Waals surface area contributed by atoms with E-state index < -0.39 is 0 Å². The fourth-order valence-electron chi connectivity index (χ4n) is 1.98. The van der Waals surface area contributed by atoms with E-state index in [1.807, 2.05) is 19.1 Å². The molecule has 2 N–H and O–H groups in total. The number of aromatic amines is 1. The largest absolute Gasteiger partial charge is 0.486 e. The van der Waals surface area contributed by atoms with Crippen molar-refractivity contribution in [3.63, 3.8) is 0 Å². The molecule has 0 radical (unpaired) electrons. The number of hydrogen-bond donors (Lipinski definition) is 2. The number of fused-ring (bicyclic) bond motifs is 1. The van der Waals surface area contributed by atoms with Crippen molar-refractivity contribution in [2.24, 2.45) is 0 Å². The van der Waals surface area contributed by atoms with Crippen LogP contribution in [0.25, 0.3) is 0 Å². The van der Waals surface area contributed by atoms with Crippen molar-refractivity contribution in [1.29, 1.82) is 0 Å². The van der Waals surface area contributed by atoms with Crippen molar-refractivity contribution >= 4 is 11.6 Å². The van der Waals surface area contributed by atoms with E-state index in [0.29, 0.717) is 42.1 Å². The predicted molar refractivity (Wildman–Crippen MR) is 71.9 cm³/mol. The Morgan fingerprint density at radius 1 is 1.40 bits per heavy atom. The van der Waals surface area contributed by atoms with Gasteiger partial charge in [-0.25, -0.2) is 0 Å². The number of benzene rings is 1. The Morgan fingerprint density at radius 2 is 2.25 bits per heavy atom. The maximum Gasteiger partial charge on any atom is 0.191 e. The molecule has 106 valence electrons. The maximum absolute atomic E-state index is 6.19. The highest BCUT2D eigenvalue weighted by Crippen LogP contribution is 2.38. The SMILES string of the molecule is CC(NCc1cc(Cl)c2c(c1)OCCO2)c1nn[nH]n1. The molecule has 3 rings (SSSR count). The van der Waals surface area contributed by atoms with E-state index in [2.05, 4.69) is 25.9 Å². The summed E-state index contributed by atoms with van der Waals surface area (Å²) in [6, 6.07) is 3.78. The molecule has 0 amide bonds. The van der Waals surface area contributed by atoms with Crippen LogP contribution in [0.2, 0.25) is 5.02 Å². The Kier molecular flexibility index (Phi) is 3.70. The van der Waals surface area contributed by atoms with Gasteiger partial charge in [0.25, 0.3) is 0 Å². The van der Waals surface area contributed by atoms with Gasteiger partial charge in [-0.3, -0.25) is 0 Å². The van der Waals surface area contributed by atoms with Crippen molar-refractivity contribution in [2.45, 2.75) is 19.5 Å². The van der Waals surface area contributed by atoms with Gasteiger partial charge in [0.2, 0.25) is 0 Å². The van der Waals surface area contributed by atoms with Gasteiger partial charge < -0.3 is 14.8 Å². The average molecular weight is 296 g/mol. The summed E-state index contributed by atoms with van der Waals surface area (Å²) in [6.45, 7) is 3.65. The van der Waals surface area contributed by atoms with Crippen LogP contribution in [0.5, 0.6) is 11.5 Å². The normalized spacial score (nSPS) is 15.1. The van der Waals surface area contributed by atoms with Crippen LogP contribution in [0.1, 0.15) is 24.4 Å². The molecular weight excluding hydrogens is 282 g/mol. The minimum absolute atomic E-state index is 0.0132. The van der Waals surface area contributed by atoms with E-state index >= 15 is 0 Å². The van der Waals surface area contributed by atoms with Crippen molar-refractivity contribution in [1.82, 2.24) is 25.9 Å². The Hall–Kier alpha value is -1.86. The molecule has 1 unspecified atom stereocenters. The lowest BCUT2D eigenvalue weighted by molar-refractivity contribution is 0.171. The van der Waals surface area contributed by atoms with Crippen molar-refractivity contribution in [3.8, 4) is 11.5 Å². The molecule has 0 aliphatic carbocycles. The summed E-state index contributed by atoms with van der Waals surface area (Å²) in [4.78, 5) is 0. The van der Waals surface area contributed by atoms with Gasteiger partial charge in [0.05, 0.1) is 11.1 Å². The molecule has 0 saturated carbocycles. The summed E-state index contributed by atoms with van der Waals surface area (Å²) in [5, 5.41) is 17.7. The average Bonchev–Trinajstić information content (AvgIpc) is 2.99. The number of rotatable bonds is 4. The molecule has 0 fully saturated rings. The molecule has 0 spiro atoms. The molecular formula is C12H14ClN5O2. The van der Waals surface area contributed by atoms with Crippen molar-refractivity contribution < 1.29 is 9.47 Å². The first kappa shape index (κ1) is 13.1. The standard InChI is InChI=1S/C12H14ClN5O2/c1-7(12-15-17-18-16-12)14-6-8-4-9(13)11-10(5-8)19-2-3-20-11/h4-5,7,14H,2-3,6H2,1H3,(H,15,16,17,18). The predicted octanol–water partition coefficient (Wildman–Crippen LogP) is 1.48. The molecule has 2 heterocycles. The Bertz CT molecular complexity index is 590. The number of halogens is 1. The molecule has 7 nitrogen and oxygen atoms in total. The maximum atomic E-state index is 6.19. The van der Waals surface area contributed by atoms with Gasteiger partial charge in [0, 0.05) is 6.54 Å². The van der Waals surface area contributed by atoms with Gasteiger partial charge >= 0.3 is 0 Å². The van der Waals surface area contributed by atoms with Gasteiger partial charge in [-0.15, -0.1) is 10.2 Å². The van der Waals surface area contributed by atoms with Crippen molar-refractivity contribution in [2.75, 3.05) is 13.2 Å². The van der Waals surface area contributed by atoms with E-state index in [1.54, 1.807) is 0 Å². The summed E-state index contributed by atoms with van der Waals surface area (Å²) in [7, 11) is 0. The quantitative estimate of drug-likeness (QED) is 0.888. The lowest BCUT2D eigenvalue weighted by Crippen LogP contribution is -2.20. The third-order valence-corrected chi connectivity index (χ3v) is 3.30. The monoisotopic (exact) mass is 295 g/mol. The molecule has 8 heteroatoms. The summed E-state index contributed by atoms with van der Waals surface area (Å²) in [5.74, 6) is 1.93. The van der Waals surface area contributed by atoms with Crippen molar-refractivity contribution in [3.05, 3.63) is 28.5 Å². The minimum Gasteiger partial charge on any atom is -0.486 e. The van der Waals surface area contributed by atoms with Crippen LogP contribution in [-0.4, -0.2) is 33.8 Å². The number of H-pyrrole nitrogens is 1. The van der Waals surface area contributed by atoms with Crippen LogP contribution in [0.15, 0.2) is 12.1 Å². The Labute approximate surface area is 120 Å². The summed E-state index contributed by atoms with van der Waals surface area (Å²) in [5.41, 5.74) is 1.01. The molecule has 1 atom stereocenters. The van der Waals surface area contributed by atoms with Gasteiger partial charge in [0.15, 0.2) is 17.3 Å². The van der Waals surface area contributed by atoms with Crippen LogP contribution >= 0.6 is 11.6 Å². The van der Waals surface area contributed by atoms with E-state index in [0.717, 1.165) is 5.56 Å². The third kappa shape index (κ3) is 2.68. The number of nitrogens with one attached hydrogen (secondary N) is 2. The van der Waals surface area contributed by atoms with Gasteiger partial charge in [-0.2, -0.15) is 5.21 Å². The first-order valence-corrected chi connectivity index (χ1v) is 6.66. The third-order valence-electron chi connectivity index (χ3n) is 3.02. The van der Waals surface area contributed by atoms with E-state index in [4.69, 9.17) is 21.1 Å². The zero-order chi connectivity index (χ0) is 13.9. The first-order chi connectivity index (χ1) is 9.74. The molecule has 1 aliphatic rings. The second-order valence-corrected chi connectivity index (χ2v) is 4.88. The summed E-state index contributed by atoms with van der Waals surface area (Å²) >= 11 is 6.19. The topological polar surface area (TPSA) is 85.0 Å². The van der Waals surface area contributed by atoms with Gasteiger partial charge in [-0.05, 0) is 24.6 Å². The summed E-state index contributed by atoms with van der Waals surface area (Å²) < 4.78 is 11.0. The highest BCUT2D eigenvalue weighted by Gasteiger charge is 2.17. The number of tetrazole rings is 1. The highest BCUT2D eigenvalue weighted by molar-refractivity contribution is 6.32. The molecule has 0 saturated heterocycles. The molecule has 20 heavy (non-hydrogen) atoms. The fourth-order valence-corrected chi connectivity index (χ4v) is 2.27. The van der Waals surface area contributed by atoms with Crippen LogP contribution in [-0.2, 0) is 6.54 Å². The zero-order valence-electron chi connectivity index (χ0n) is 10.9. The molecule has 2 aromatic rings. The van der Waals surface area contributed by atoms with Gasteiger partial charge in [-0.1, -0.05) is 16.8 Å². The minimum atomic E-state index is -0.0132. The van der Waals surface area contributed by atoms with Crippen LogP contribution < -0.4 is 14.8 Å². The molecule has 1 aromatic heterocycles. The first-order valence-electron chi connectivity index (χ1n) is 6.29. The lowest BCUT2D eigenvalue weighted by Gasteiger charge is -2.20. The zero-order valence-corrected chi connectivity index (χ0v) is 11.6. The van der Waals surface area contributed by atoms with E-state index in [-0.39, 0.29) is 6.04 Å². The van der Waals surface area contributed by atoms with Gasteiger partial charge in [0.1, 0.15) is 13.2 Å². The van der Waals surface area contributed by atoms with E-state index in [1.165, 1.54) is 0 Å². The summed E-state index contributed by atoms with van der Waals surface area (Å²) in [6.07, 6.45) is 0.